The molecular weight excluding hydrogens is 395 g/mol. The number of nitrogens with zero attached hydrogens (tertiary/aromatic N) is 1. The third-order valence-corrected chi connectivity index (χ3v) is 4.87. The van der Waals surface area contributed by atoms with Crippen molar-refractivity contribution in [3.8, 4) is 17.4 Å². The summed E-state index contributed by atoms with van der Waals surface area (Å²) in [5.74, 6) is 0.478. The lowest BCUT2D eigenvalue weighted by atomic mass is 10.1. The average Bonchev–Trinajstić information content (AvgIpc) is 3.17. The first kappa shape index (κ1) is 19.8. The van der Waals surface area contributed by atoms with Crippen LogP contribution in [0.1, 0.15) is 24.3 Å². The number of nitriles is 1. The number of benzene rings is 2. The van der Waals surface area contributed by atoms with E-state index in [1.807, 2.05) is 43.3 Å². The minimum absolute atomic E-state index is 0.0437. The summed E-state index contributed by atoms with van der Waals surface area (Å²) in [6.45, 7) is 1.86. The van der Waals surface area contributed by atoms with E-state index in [2.05, 4.69) is 5.32 Å². The van der Waals surface area contributed by atoms with Crippen molar-refractivity contribution in [2.24, 2.45) is 0 Å². The summed E-state index contributed by atoms with van der Waals surface area (Å²) >= 11 is 12.0. The van der Waals surface area contributed by atoms with Gasteiger partial charge in [-0.2, -0.15) is 5.26 Å². The normalized spacial score (nSPS) is 12.3. The van der Waals surface area contributed by atoms with Crippen molar-refractivity contribution < 1.29 is 9.21 Å². The fourth-order valence-corrected chi connectivity index (χ4v) is 2.92. The molecular formula is C22H16Cl2N2O2. The van der Waals surface area contributed by atoms with Crippen molar-refractivity contribution >= 4 is 35.2 Å². The molecule has 140 valence electrons. The number of carbonyl (C=O) groups is 1. The van der Waals surface area contributed by atoms with Gasteiger partial charge >= 0.3 is 0 Å². The van der Waals surface area contributed by atoms with E-state index in [0.29, 0.717) is 21.6 Å². The molecule has 1 heterocycles. The van der Waals surface area contributed by atoms with Crippen LogP contribution in [0.5, 0.6) is 0 Å². The Bertz CT molecular complexity index is 1070. The quantitative estimate of drug-likeness (QED) is 0.411. The summed E-state index contributed by atoms with van der Waals surface area (Å²) in [5, 5.41) is 13.1. The molecule has 2 aromatic carbocycles. The largest absolute Gasteiger partial charge is 0.457 e. The fourth-order valence-electron chi connectivity index (χ4n) is 2.63. The second kappa shape index (κ2) is 8.79. The molecule has 0 aliphatic carbocycles. The van der Waals surface area contributed by atoms with Crippen molar-refractivity contribution in [3.63, 3.8) is 0 Å². The SMILES string of the molecule is C[C@H](NC(=O)/C(C#N)=C/c1ccc(-c2ccc(Cl)c(Cl)c2)o1)c1ccccc1. The number of amides is 1. The van der Waals surface area contributed by atoms with Gasteiger partial charge in [-0.15, -0.1) is 0 Å². The Hall–Kier alpha value is -3.00. The lowest BCUT2D eigenvalue weighted by molar-refractivity contribution is -0.117. The molecule has 0 saturated heterocycles. The van der Waals surface area contributed by atoms with Crippen molar-refractivity contribution in [3.05, 3.63) is 87.6 Å². The number of halogens is 2. The molecule has 0 saturated carbocycles. The minimum Gasteiger partial charge on any atom is -0.457 e. The molecule has 3 aromatic rings. The van der Waals surface area contributed by atoms with E-state index in [4.69, 9.17) is 27.6 Å². The van der Waals surface area contributed by atoms with Gasteiger partial charge in [0.25, 0.3) is 5.91 Å². The number of hydrogen-bond acceptors (Lipinski definition) is 3. The zero-order valence-corrected chi connectivity index (χ0v) is 16.5. The monoisotopic (exact) mass is 410 g/mol. The van der Waals surface area contributed by atoms with Crippen molar-refractivity contribution in [2.45, 2.75) is 13.0 Å². The highest BCUT2D eigenvalue weighted by atomic mass is 35.5. The maximum atomic E-state index is 12.4. The smallest absolute Gasteiger partial charge is 0.262 e. The fraction of sp³-hybridized carbons (Fsp3) is 0.0909. The predicted molar refractivity (Wildman–Crippen MR) is 111 cm³/mol. The van der Waals surface area contributed by atoms with Crippen LogP contribution in [0.3, 0.4) is 0 Å². The number of carbonyl (C=O) groups excluding carboxylic acids is 1. The molecule has 0 radical (unpaired) electrons. The first-order valence-corrected chi connectivity index (χ1v) is 9.26. The minimum atomic E-state index is -0.466. The van der Waals surface area contributed by atoms with Gasteiger partial charge in [0.1, 0.15) is 23.2 Å². The highest BCUT2D eigenvalue weighted by Crippen LogP contribution is 2.30. The number of nitrogens with one attached hydrogen (secondary N) is 1. The Labute approximate surface area is 173 Å². The van der Waals surface area contributed by atoms with Crippen LogP contribution in [0.2, 0.25) is 10.0 Å². The van der Waals surface area contributed by atoms with E-state index >= 15 is 0 Å². The number of hydrogen-bond donors (Lipinski definition) is 1. The van der Waals surface area contributed by atoms with Gasteiger partial charge in [0.15, 0.2) is 0 Å². The molecule has 0 unspecified atom stereocenters. The van der Waals surface area contributed by atoms with Gasteiger partial charge in [-0.25, -0.2) is 0 Å². The van der Waals surface area contributed by atoms with Crippen LogP contribution in [0.4, 0.5) is 0 Å². The van der Waals surface area contributed by atoms with Gasteiger partial charge in [-0.3, -0.25) is 4.79 Å². The third-order valence-electron chi connectivity index (χ3n) is 4.13. The molecule has 6 heteroatoms. The molecule has 1 aromatic heterocycles. The van der Waals surface area contributed by atoms with E-state index in [1.54, 1.807) is 30.3 Å². The molecule has 28 heavy (non-hydrogen) atoms. The summed E-state index contributed by atoms with van der Waals surface area (Å²) in [6, 6.07) is 19.8. The first-order valence-electron chi connectivity index (χ1n) is 8.51. The van der Waals surface area contributed by atoms with Crippen LogP contribution >= 0.6 is 23.2 Å². The van der Waals surface area contributed by atoms with E-state index in [-0.39, 0.29) is 11.6 Å². The van der Waals surface area contributed by atoms with Crippen LogP contribution in [0.15, 0.2) is 70.7 Å². The molecule has 1 N–H and O–H groups in total. The summed E-state index contributed by atoms with van der Waals surface area (Å²) in [4.78, 5) is 12.4. The molecule has 0 spiro atoms. The maximum Gasteiger partial charge on any atom is 0.262 e. The zero-order valence-electron chi connectivity index (χ0n) is 14.9. The second-order valence-corrected chi connectivity index (χ2v) is 6.92. The maximum absolute atomic E-state index is 12.4. The van der Waals surface area contributed by atoms with Crippen LogP contribution in [-0.4, -0.2) is 5.91 Å². The number of furan rings is 1. The Morgan fingerprint density at radius 1 is 1.11 bits per heavy atom. The Kier molecular flexibility index (Phi) is 6.20. The van der Waals surface area contributed by atoms with Gasteiger partial charge in [0, 0.05) is 11.6 Å². The highest BCUT2D eigenvalue weighted by Gasteiger charge is 2.15. The van der Waals surface area contributed by atoms with Gasteiger partial charge in [-0.1, -0.05) is 53.5 Å². The molecule has 1 atom stereocenters. The van der Waals surface area contributed by atoms with E-state index in [1.165, 1.54) is 6.08 Å². The lowest BCUT2D eigenvalue weighted by Gasteiger charge is -2.13. The predicted octanol–water partition coefficient (Wildman–Crippen LogP) is 6.04. The standard InChI is InChI=1S/C22H16Cl2N2O2/c1-14(15-5-3-2-4-6-15)26-22(27)17(13-25)11-18-8-10-21(28-18)16-7-9-19(23)20(24)12-16/h2-12,14H,1H3,(H,26,27)/b17-11+/t14-/m0/s1. The van der Waals surface area contributed by atoms with Crippen molar-refractivity contribution in [1.29, 1.82) is 5.26 Å². The van der Waals surface area contributed by atoms with E-state index < -0.39 is 5.91 Å². The molecule has 4 nitrogen and oxygen atoms in total. The first-order chi connectivity index (χ1) is 13.5. The number of rotatable bonds is 5. The third kappa shape index (κ3) is 4.64. The molecule has 1 amide bonds. The van der Waals surface area contributed by atoms with Crippen LogP contribution in [-0.2, 0) is 4.79 Å². The lowest BCUT2D eigenvalue weighted by Crippen LogP contribution is -2.27. The van der Waals surface area contributed by atoms with E-state index in [0.717, 1.165) is 11.1 Å². The molecule has 0 fully saturated rings. The molecule has 0 bridgehead atoms. The Morgan fingerprint density at radius 2 is 1.86 bits per heavy atom. The van der Waals surface area contributed by atoms with Gasteiger partial charge in [0.2, 0.25) is 0 Å². The molecule has 3 rings (SSSR count). The van der Waals surface area contributed by atoms with Gasteiger partial charge in [-0.05, 0) is 42.8 Å². The van der Waals surface area contributed by atoms with Gasteiger partial charge in [0.05, 0.1) is 16.1 Å². The van der Waals surface area contributed by atoms with Crippen molar-refractivity contribution in [1.82, 2.24) is 5.32 Å². The summed E-state index contributed by atoms with van der Waals surface area (Å²) < 4.78 is 5.73. The second-order valence-electron chi connectivity index (χ2n) is 6.11. The van der Waals surface area contributed by atoms with E-state index in [9.17, 15) is 10.1 Å². The van der Waals surface area contributed by atoms with Crippen LogP contribution in [0, 0.1) is 11.3 Å². The average molecular weight is 411 g/mol. The topological polar surface area (TPSA) is 66.0 Å². The zero-order chi connectivity index (χ0) is 20.1. The van der Waals surface area contributed by atoms with Gasteiger partial charge < -0.3 is 9.73 Å². The van der Waals surface area contributed by atoms with Crippen LogP contribution in [0.25, 0.3) is 17.4 Å². The van der Waals surface area contributed by atoms with Crippen molar-refractivity contribution in [2.75, 3.05) is 0 Å². The highest BCUT2D eigenvalue weighted by molar-refractivity contribution is 6.42. The summed E-state index contributed by atoms with van der Waals surface area (Å²) in [7, 11) is 0. The molecule has 0 aliphatic rings. The molecule has 0 aliphatic heterocycles. The summed E-state index contributed by atoms with van der Waals surface area (Å²) in [6.07, 6.45) is 1.41. The Balaban J connectivity index is 1.77. The Morgan fingerprint density at radius 3 is 2.54 bits per heavy atom. The summed E-state index contributed by atoms with van der Waals surface area (Å²) in [5.41, 5.74) is 1.65. The van der Waals surface area contributed by atoms with Crippen LogP contribution < -0.4 is 5.32 Å².